The van der Waals surface area contributed by atoms with Gasteiger partial charge in [-0.15, -0.1) is 0 Å². The van der Waals surface area contributed by atoms with Gasteiger partial charge in [0.2, 0.25) is 0 Å². The maximum Gasteiger partial charge on any atom is 0.336 e. The molecule has 0 radical (unpaired) electrons. The van der Waals surface area contributed by atoms with E-state index in [1.54, 1.807) is 0 Å². The highest BCUT2D eigenvalue weighted by atomic mass is 16.4. The third-order valence-corrected chi connectivity index (χ3v) is 3.53. The van der Waals surface area contributed by atoms with Gasteiger partial charge in [0.25, 0.3) is 0 Å². The lowest BCUT2D eigenvalue weighted by Crippen LogP contribution is -2.04. The molecule has 0 aliphatic rings. The Labute approximate surface area is 120 Å². The van der Waals surface area contributed by atoms with Crippen molar-refractivity contribution in [2.24, 2.45) is 0 Å². The van der Waals surface area contributed by atoms with E-state index in [1.807, 2.05) is 36.4 Å². The number of benzene rings is 2. The van der Waals surface area contributed by atoms with Gasteiger partial charge >= 0.3 is 5.97 Å². The number of aromatic carboxylic acids is 1. The maximum absolute atomic E-state index is 11.5. The summed E-state index contributed by atoms with van der Waals surface area (Å²) in [5.41, 5.74) is 1.44. The molecule has 2 aromatic rings. The first-order valence-corrected chi connectivity index (χ1v) is 6.98. The van der Waals surface area contributed by atoms with Crippen LogP contribution >= 0.6 is 0 Å². The van der Waals surface area contributed by atoms with Gasteiger partial charge < -0.3 is 11.3 Å². The molecule has 0 bridgehead atoms. The number of carbonyl (C=O) groups is 1. The lowest BCUT2D eigenvalue weighted by Gasteiger charge is -2.09. The van der Waals surface area contributed by atoms with Crippen molar-refractivity contribution in [1.82, 2.24) is 6.15 Å². The first-order valence-electron chi connectivity index (χ1n) is 6.98. The van der Waals surface area contributed by atoms with Gasteiger partial charge in [-0.1, -0.05) is 62.6 Å². The molecule has 0 heterocycles. The van der Waals surface area contributed by atoms with Crippen LogP contribution in [0.5, 0.6) is 0 Å². The molecule has 4 N–H and O–H groups in total. The van der Waals surface area contributed by atoms with Crippen molar-refractivity contribution in [2.45, 2.75) is 39.0 Å². The summed E-state index contributed by atoms with van der Waals surface area (Å²) in [5.74, 6) is -0.817. The van der Waals surface area contributed by atoms with E-state index in [-0.39, 0.29) is 6.15 Å². The Bertz CT molecular complexity index is 578. The molecule has 0 atom stereocenters. The average molecular weight is 273 g/mol. The molecule has 0 aliphatic heterocycles. The lowest BCUT2D eigenvalue weighted by atomic mass is 9.95. The molecule has 20 heavy (non-hydrogen) atoms. The molecule has 2 rings (SSSR count). The standard InChI is InChI=1S/C17H20O2.H3N/c1-2-3-4-5-9-14-12-11-13-8-6-7-10-15(13)16(14)17(18)19;/h6-8,10-12H,2-5,9H2,1H3,(H,18,19);1H3. The van der Waals surface area contributed by atoms with E-state index in [2.05, 4.69) is 6.92 Å². The fraction of sp³-hybridized carbons (Fsp3) is 0.353. The van der Waals surface area contributed by atoms with E-state index in [0.29, 0.717) is 5.56 Å². The van der Waals surface area contributed by atoms with Crippen molar-refractivity contribution < 1.29 is 9.90 Å². The molecule has 0 unspecified atom stereocenters. The van der Waals surface area contributed by atoms with Crippen molar-refractivity contribution in [2.75, 3.05) is 0 Å². The van der Waals surface area contributed by atoms with Crippen LogP contribution in [0.2, 0.25) is 0 Å². The van der Waals surface area contributed by atoms with Crippen LogP contribution in [0.3, 0.4) is 0 Å². The highest BCUT2D eigenvalue weighted by molar-refractivity contribution is 6.05. The number of hydrogen-bond donors (Lipinski definition) is 2. The first-order chi connectivity index (χ1) is 9.24. The summed E-state index contributed by atoms with van der Waals surface area (Å²) in [6.07, 6.45) is 5.50. The Morgan fingerprint density at radius 1 is 1.05 bits per heavy atom. The zero-order chi connectivity index (χ0) is 13.7. The fourth-order valence-electron chi connectivity index (χ4n) is 2.52. The zero-order valence-corrected chi connectivity index (χ0v) is 12.1. The molecular weight excluding hydrogens is 250 g/mol. The Hall–Kier alpha value is -1.87. The molecule has 3 heteroatoms. The van der Waals surface area contributed by atoms with Crippen LogP contribution < -0.4 is 6.15 Å². The van der Waals surface area contributed by atoms with Crippen molar-refractivity contribution in [3.05, 3.63) is 47.5 Å². The maximum atomic E-state index is 11.5. The van der Waals surface area contributed by atoms with Crippen LogP contribution in [0.4, 0.5) is 0 Å². The molecule has 0 fully saturated rings. The summed E-state index contributed by atoms with van der Waals surface area (Å²) in [7, 11) is 0. The predicted octanol–water partition coefficient (Wildman–Crippen LogP) is 4.82. The third kappa shape index (κ3) is 3.58. The molecule has 0 saturated heterocycles. The first kappa shape index (κ1) is 16.2. The van der Waals surface area contributed by atoms with Gasteiger partial charge in [0.05, 0.1) is 5.56 Å². The molecular formula is C17H23NO2. The number of rotatable bonds is 6. The van der Waals surface area contributed by atoms with Crippen LogP contribution in [-0.2, 0) is 6.42 Å². The number of carboxylic acid groups (broad SMARTS) is 1. The SMILES string of the molecule is CCCCCCc1ccc2ccccc2c1C(=O)O.N. The molecule has 108 valence electrons. The van der Waals surface area contributed by atoms with Gasteiger partial charge in [0, 0.05) is 0 Å². The van der Waals surface area contributed by atoms with Gasteiger partial charge in [-0.25, -0.2) is 4.79 Å². The van der Waals surface area contributed by atoms with E-state index >= 15 is 0 Å². The van der Waals surface area contributed by atoms with E-state index in [9.17, 15) is 9.90 Å². The summed E-state index contributed by atoms with van der Waals surface area (Å²) in [6.45, 7) is 2.18. The van der Waals surface area contributed by atoms with Crippen LogP contribution in [0, 0.1) is 0 Å². The zero-order valence-electron chi connectivity index (χ0n) is 12.1. The molecule has 2 aromatic carbocycles. The second kappa shape index (κ2) is 7.65. The molecule has 0 saturated carbocycles. The molecule has 0 aliphatic carbocycles. The quantitative estimate of drug-likeness (QED) is 0.741. The van der Waals surface area contributed by atoms with E-state index < -0.39 is 5.97 Å². The smallest absolute Gasteiger partial charge is 0.336 e. The third-order valence-electron chi connectivity index (χ3n) is 3.53. The van der Waals surface area contributed by atoms with Gasteiger partial charge in [0.15, 0.2) is 0 Å². The van der Waals surface area contributed by atoms with Crippen molar-refractivity contribution in [1.29, 1.82) is 0 Å². The summed E-state index contributed by atoms with van der Waals surface area (Å²) in [5, 5.41) is 11.3. The summed E-state index contributed by atoms with van der Waals surface area (Å²) < 4.78 is 0. The number of carboxylic acids is 1. The Morgan fingerprint density at radius 3 is 2.50 bits per heavy atom. The van der Waals surface area contributed by atoms with Crippen LogP contribution in [-0.4, -0.2) is 11.1 Å². The van der Waals surface area contributed by atoms with Gasteiger partial charge in [0.1, 0.15) is 0 Å². The Balaban J connectivity index is 0.00000200. The number of unbranched alkanes of at least 4 members (excludes halogenated alkanes) is 3. The highest BCUT2D eigenvalue weighted by Gasteiger charge is 2.13. The predicted molar refractivity (Wildman–Crippen MR) is 83.8 cm³/mol. The average Bonchev–Trinajstić information content (AvgIpc) is 2.42. The monoisotopic (exact) mass is 273 g/mol. The van der Waals surface area contributed by atoms with Crippen molar-refractivity contribution in [3.8, 4) is 0 Å². The summed E-state index contributed by atoms with van der Waals surface area (Å²) >= 11 is 0. The lowest BCUT2D eigenvalue weighted by molar-refractivity contribution is 0.0698. The fourth-order valence-corrected chi connectivity index (χ4v) is 2.52. The summed E-state index contributed by atoms with van der Waals surface area (Å²) in [4.78, 5) is 11.5. The van der Waals surface area contributed by atoms with Crippen molar-refractivity contribution in [3.63, 3.8) is 0 Å². The van der Waals surface area contributed by atoms with Gasteiger partial charge in [-0.2, -0.15) is 0 Å². The normalized spacial score (nSPS) is 10.2. The number of aryl methyl sites for hydroxylation is 1. The Morgan fingerprint density at radius 2 is 1.80 bits per heavy atom. The highest BCUT2D eigenvalue weighted by Crippen LogP contribution is 2.24. The van der Waals surface area contributed by atoms with Crippen molar-refractivity contribution >= 4 is 16.7 Å². The van der Waals surface area contributed by atoms with E-state index in [1.165, 1.54) is 19.3 Å². The number of hydrogen-bond acceptors (Lipinski definition) is 2. The number of fused-ring (bicyclic) bond motifs is 1. The van der Waals surface area contributed by atoms with E-state index in [0.717, 1.165) is 29.2 Å². The second-order valence-corrected chi connectivity index (χ2v) is 4.94. The topological polar surface area (TPSA) is 72.3 Å². The minimum absolute atomic E-state index is 0. The molecule has 3 nitrogen and oxygen atoms in total. The minimum atomic E-state index is -0.817. The van der Waals surface area contributed by atoms with Crippen LogP contribution in [0.1, 0.15) is 48.5 Å². The largest absolute Gasteiger partial charge is 0.478 e. The molecule has 0 aromatic heterocycles. The second-order valence-electron chi connectivity index (χ2n) is 4.94. The van der Waals surface area contributed by atoms with Gasteiger partial charge in [-0.3, -0.25) is 0 Å². The van der Waals surface area contributed by atoms with Crippen LogP contribution in [0.15, 0.2) is 36.4 Å². The molecule has 0 amide bonds. The Kier molecular flexibility index (Phi) is 6.19. The minimum Gasteiger partial charge on any atom is -0.478 e. The van der Waals surface area contributed by atoms with Gasteiger partial charge in [-0.05, 0) is 29.2 Å². The molecule has 0 spiro atoms. The van der Waals surface area contributed by atoms with Crippen LogP contribution in [0.25, 0.3) is 10.8 Å². The summed E-state index contributed by atoms with van der Waals surface area (Å²) in [6, 6.07) is 11.7. The van der Waals surface area contributed by atoms with E-state index in [4.69, 9.17) is 0 Å².